The highest BCUT2D eigenvalue weighted by Gasteiger charge is 2.42. The second kappa shape index (κ2) is 61.4. The summed E-state index contributed by atoms with van der Waals surface area (Å²) < 4.78 is 0. The second-order valence-corrected chi connectivity index (χ2v) is 38.4. The van der Waals surface area contributed by atoms with Gasteiger partial charge in [0.15, 0.2) is 0 Å². The molecule has 4 rings (SSSR count). The zero-order valence-electron chi connectivity index (χ0n) is 83.7. The monoisotopic (exact) mass is 2040 g/mol. The molecule has 0 radical (unpaired) electrons. The Balaban J connectivity index is 1.49. The van der Waals surface area contributed by atoms with Gasteiger partial charge in [-0.05, 0) is 110 Å². The van der Waals surface area contributed by atoms with Crippen molar-refractivity contribution >= 4 is 136 Å². The van der Waals surface area contributed by atoms with E-state index in [0.717, 1.165) is 0 Å². The number of phenolic OH excluding ortho intramolecular Hbond substituents is 1. The Kier molecular flexibility index (Phi) is 52.4. The lowest BCUT2D eigenvalue weighted by Crippen LogP contribution is -2.62. The van der Waals surface area contributed by atoms with Gasteiger partial charge in [-0.3, -0.25) is 101 Å². The number of primary amides is 3. The van der Waals surface area contributed by atoms with Crippen molar-refractivity contribution in [3.05, 3.63) is 102 Å². The predicted molar refractivity (Wildman–Crippen MR) is 526 cm³/mol. The number of aliphatic hydroxyl groups excluding tert-OH is 1. The number of nitrogens with two attached hydrogens (primary N) is 4. The number of Topliss-reactive ketones (excluding diaryl/α,β-unsaturated/α-hetero) is 4. The Labute approximate surface area is 840 Å². The van der Waals surface area contributed by atoms with Gasteiger partial charge in [0, 0.05) is 68.1 Å². The number of imidazole rings is 2. The summed E-state index contributed by atoms with van der Waals surface area (Å²) in [7, 11) is 0. The van der Waals surface area contributed by atoms with E-state index in [4.69, 9.17) is 22.9 Å². The van der Waals surface area contributed by atoms with Gasteiger partial charge in [-0.2, -0.15) is 12.6 Å². The average molecular weight is 2040 g/mol. The summed E-state index contributed by atoms with van der Waals surface area (Å²) in [6.07, 6.45) is 1.60. The van der Waals surface area contributed by atoms with E-state index in [1.54, 1.807) is 99.6 Å². The minimum absolute atomic E-state index is 0.0104. The molecular formula is C94H145N25O24S. The highest BCUT2D eigenvalue weighted by molar-refractivity contribution is 7.80. The van der Waals surface area contributed by atoms with E-state index in [-0.39, 0.29) is 74.1 Å². The fourth-order valence-corrected chi connectivity index (χ4v) is 14.9. The first-order valence-electron chi connectivity index (χ1n) is 47.5. The van der Waals surface area contributed by atoms with Crippen molar-refractivity contribution in [2.24, 2.45) is 64.4 Å². The molecule has 0 fully saturated rings. The van der Waals surface area contributed by atoms with Gasteiger partial charge in [0.1, 0.15) is 90.3 Å². The molecule has 6 unspecified atom stereocenters. The molecule has 0 aliphatic carbocycles. The van der Waals surface area contributed by atoms with Crippen molar-refractivity contribution < 1.29 is 116 Å². The van der Waals surface area contributed by atoms with Crippen LogP contribution in [0.15, 0.2) is 79.6 Å². The summed E-state index contributed by atoms with van der Waals surface area (Å²) in [5.74, 6) is -25.3. The highest BCUT2D eigenvalue weighted by Crippen LogP contribution is 2.19. The lowest BCUT2D eigenvalue weighted by atomic mass is 9.93. The number of H-pyrrole nitrogens is 2. The summed E-state index contributed by atoms with van der Waals surface area (Å²) in [4.78, 5) is 303. The predicted octanol–water partition coefficient (Wildman–Crippen LogP) is -5.11. The molecule has 0 bridgehead atoms. The van der Waals surface area contributed by atoms with Crippen molar-refractivity contribution in [2.45, 2.75) is 290 Å². The number of carboxylic acids is 1. The lowest BCUT2D eigenvalue weighted by molar-refractivity contribution is -0.140. The van der Waals surface area contributed by atoms with Crippen molar-refractivity contribution in [3.8, 4) is 5.75 Å². The minimum Gasteiger partial charge on any atom is -0.508 e. The molecule has 0 saturated carbocycles. The SMILES string of the molecule is CC(C)CC(NNC(C(=O)N[C@@H](CC(C)C)C(=O)C(=O)[C@@H](N)Cc1cnc[nH]1)C(C)C)C(=O)N[C@@H](Cc1ccc(O)cc1)C(=O)NC(CC(C)C)C(=O)N[C@@H](C)C(=O)NC(CCC(=O)O)C(=O)N[C@H](C(=O)NC(CC(C)C)C(=O)N[C@@H](Cc1cnc[nH]1)C(=O)NC(CO)C(=O)NCC(=O)C(=O)[C@H](CS)NN[C@H](CCC(N)=O)C(=O)N[C@@H](CC(N)=O)C(=O)N[C@H](C(=O)N[C@@H](Cc1ccccc1)C(N)=O)C(C)C)C(C)C. The smallest absolute Gasteiger partial charge is 0.303 e. The Morgan fingerprint density at radius 1 is 0.368 bits per heavy atom. The Bertz CT molecular complexity index is 4990. The standard InChI is InChI=1S/C94H145N25O24S/c1-45(2)29-61(80(129)78(127)58(95)35-55-38-99-43-102-55)106-94(143)77(51(13)14)119-117-68(32-48(7)8)91(140)109-65(34-54-21-23-57(121)24-22-54)88(137)108-63(30-46(3)4)86(135)104-52(15)82(131)105-59(26-28-74(125)126)84(133)114-76(50(11)12)93(142)112-64(31-47(5)6)87(136)110-66(36-56-39-100-44-103-56)89(138)113-69(41-120)83(132)101-40-71(122)79(128)70(42-144)118-116-60(25-27-72(96)123)85(134)111-67(37-73(97)124)90(139)115-75(49(9)10)92(141)107-62(81(98)130)33-53-19-17-16-18-20-53/h16-24,38-39,43-52,58-70,75-77,116-121,144H,25-37,40-42,95H2,1-15H3,(H2,96,123)(H2,97,124)(H2,98,130)(H,99,102)(H,100,103)(H,101,132)(H,104,135)(H,105,131)(H,106,143)(H,107,141)(H,108,137)(H,109,140)(H,110,136)(H,111,134)(H,112,142)(H,113,138)(H,114,133)(H,115,139)(H,125,126)/t52-,58-,59?,60+,61-,62-,63?,64?,65-,66-,67-,68?,69?,70-,75-,76-,77?/m0/s1. The van der Waals surface area contributed by atoms with Gasteiger partial charge >= 0.3 is 5.97 Å². The van der Waals surface area contributed by atoms with Crippen LogP contribution >= 0.6 is 12.6 Å². The van der Waals surface area contributed by atoms with Gasteiger partial charge in [0.05, 0.1) is 50.4 Å². The average Bonchev–Trinajstić information content (AvgIpc) is 1.85. The van der Waals surface area contributed by atoms with E-state index in [1.165, 1.54) is 70.1 Å². The maximum atomic E-state index is 14.8. The zero-order valence-corrected chi connectivity index (χ0v) is 84.6. The Morgan fingerprint density at radius 2 is 0.764 bits per heavy atom. The molecule has 2 aromatic heterocycles. The maximum absolute atomic E-state index is 14.8. The number of nitrogens with zero attached hydrogens (tertiary/aromatic N) is 2. The lowest BCUT2D eigenvalue weighted by Gasteiger charge is -2.30. The van der Waals surface area contributed by atoms with Crippen LogP contribution in [0.5, 0.6) is 5.75 Å². The van der Waals surface area contributed by atoms with Gasteiger partial charge in [-0.15, -0.1) is 0 Å². The summed E-state index contributed by atoms with van der Waals surface area (Å²) in [6, 6.07) is -11.1. The van der Waals surface area contributed by atoms with Crippen LogP contribution in [0.25, 0.3) is 0 Å². The molecule has 0 aliphatic rings. The molecule has 0 aliphatic heterocycles. The first-order valence-corrected chi connectivity index (χ1v) is 48.2. The van der Waals surface area contributed by atoms with Crippen LogP contribution in [-0.4, -0.2) is 280 Å². The van der Waals surface area contributed by atoms with Gasteiger partial charge < -0.3 is 117 Å². The third-order valence-electron chi connectivity index (χ3n) is 22.5. The van der Waals surface area contributed by atoms with Crippen LogP contribution in [0.1, 0.15) is 184 Å². The third-order valence-corrected chi connectivity index (χ3v) is 22.9. The van der Waals surface area contributed by atoms with Gasteiger partial charge in [-0.1, -0.05) is 139 Å². The fraction of sp³-hybridized carbons (Fsp3) is 0.585. The third kappa shape index (κ3) is 43.3. The van der Waals surface area contributed by atoms with Gasteiger partial charge in [-0.25, -0.2) is 31.7 Å². The van der Waals surface area contributed by atoms with Crippen molar-refractivity contribution in [1.29, 1.82) is 0 Å². The molecule has 17 atom stereocenters. The van der Waals surface area contributed by atoms with E-state index in [9.17, 15) is 116 Å². The molecule has 0 saturated heterocycles. The number of rotatable bonds is 68. The summed E-state index contributed by atoms with van der Waals surface area (Å²) in [5, 5.41) is 63.2. The first kappa shape index (κ1) is 123. The topological polar surface area (TPSA) is 785 Å². The molecule has 49 nitrogen and oxygen atoms in total. The fourth-order valence-electron chi connectivity index (χ4n) is 14.7. The number of thiol groups is 1. The molecule has 2 aromatic carbocycles. The van der Waals surface area contributed by atoms with E-state index in [2.05, 4.69) is 123 Å². The number of ketones is 4. The number of aromatic nitrogens is 4. The molecule has 144 heavy (non-hydrogen) atoms. The number of hydrogen-bond acceptors (Lipinski definition) is 31. The van der Waals surface area contributed by atoms with Crippen LogP contribution < -0.4 is 114 Å². The molecule has 2 heterocycles. The number of carbonyl (C=O) groups is 21. The van der Waals surface area contributed by atoms with Crippen molar-refractivity contribution in [3.63, 3.8) is 0 Å². The van der Waals surface area contributed by atoms with Crippen LogP contribution in [0.3, 0.4) is 0 Å². The van der Waals surface area contributed by atoms with Crippen molar-refractivity contribution in [2.75, 3.05) is 18.9 Å². The van der Waals surface area contributed by atoms with Crippen LogP contribution in [0.2, 0.25) is 0 Å². The normalized spacial score (nSPS) is 15.0. The molecule has 16 amide bonds. The Hall–Kier alpha value is -13.6. The highest BCUT2D eigenvalue weighted by atomic mass is 32.1. The minimum atomic E-state index is -1.91. The number of aromatic amines is 2. The Morgan fingerprint density at radius 3 is 1.25 bits per heavy atom. The largest absolute Gasteiger partial charge is 0.508 e. The molecular weight excluding hydrogens is 1900 g/mol. The zero-order chi connectivity index (χ0) is 108. The summed E-state index contributed by atoms with van der Waals surface area (Å²) in [5.41, 5.74) is 35.3. The number of aliphatic carboxylic acids is 1. The quantitative estimate of drug-likeness (QED) is 0.0112. The number of aliphatic hydroxyl groups is 1. The number of aromatic hydroxyl groups is 1. The molecule has 50 heteroatoms. The van der Waals surface area contributed by atoms with Gasteiger partial charge in [0.25, 0.3) is 0 Å². The number of carboxylic acid groups (broad SMARTS) is 1. The number of phenols is 1. The number of amides is 16. The molecule has 0 spiro atoms. The van der Waals surface area contributed by atoms with E-state index in [0.29, 0.717) is 16.8 Å². The number of hydrogen-bond donors (Lipinski definition) is 27. The molecule has 4 aromatic rings. The maximum Gasteiger partial charge on any atom is 0.303 e. The van der Waals surface area contributed by atoms with E-state index in [1.807, 2.05) is 13.8 Å². The number of benzene rings is 2. The number of nitrogens with one attached hydrogen (secondary N) is 19. The van der Waals surface area contributed by atoms with Crippen LogP contribution in [-0.2, 0) is 126 Å². The van der Waals surface area contributed by atoms with Crippen LogP contribution in [0.4, 0.5) is 0 Å². The van der Waals surface area contributed by atoms with Crippen LogP contribution in [0, 0.1) is 41.4 Å². The van der Waals surface area contributed by atoms with E-state index >= 15 is 0 Å². The molecule has 796 valence electrons. The van der Waals surface area contributed by atoms with E-state index < -0.39 is 307 Å². The summed E-state index contributed by atoms with van der Waals surface area (Å²) in [6.45, 7) is 22.6. The number of carbonyl (C=O) groups excluding carboxylic acids is 20. The van der Waals surface area contributed by atoms with Crippen molar-refractivity contribution in [1.82, 2.24) is 111 Å². The molecule has 30 N–H and O–H groups in total. The van der Waals surface area contributed by atoms with Gasteiger partial charge in [0.2, 0.25) is 118 Å². The first-order chi connectivity index (χ1) is 67.6. The number of hydrazine groups is 2. The second-order valence-electron chi connectivity index (χ2n) is 38.1. The summed E-state index contributed by atoms with van der Waals surface area (Å²) >= 11 is 4.15.